The molecule has 1 amide bonds. The molecule has 0 saturated carbocycles. The van der Waals surface area contributed by atoms with Gasteiger partial charge >= 0.3 is 0 Å². The monoisotopic (exact) mass is 240 g/mol. The number of carbonyl (C=O) groups is 1. The van der Waals surface area contributed by atoms with Crippen LogP contribution in [-0.4, -0.2) is 27.9 Å². The topological polar surface area (TPSA) is 33.2 Å². The number of rotatable bonds is 3. The SMILES string of the molecule is CC(C)N(C(=O)c1ccnc(Cl)c1)C(C)C. The van der Waals surface area contributed by atoms with E-state index in [-0.39, 0.29) is 18.0 Å². The lowest BCUT2D eigenvalue weighted by molar-refractivity contribution is 0.0643. The molecule has 0 atom stereocenters. The van der Waals surface area contributed by atoms with Crippen LogP contribution in [0.5, 0.6) is 0 Å². The molecule has 1 aromatic rings. The summed E-state index contributed by atoms with van der Waals surface area (Å²) in [6, 6.07) is 3.62. The predicted octanol–water partition coefficient (Wildman–Crippen LogP) is 2.99. The number of hydrogen-bond acceptors (Lipinski definition) is 2. The minimum absolute atomic E-state index is 0.00528. The van der Waals surface area contributed by atoms with Crippen molar-refractivity contribution < 1.29 is 4.79 Å². The Morgan fingerprint density at radius 2 is 1.88 bits per heavy atom. The van der Waals surface area contributed by atoms with Crippen molar-refractivity contribution in [2.24, 2.45) is 0 Å². The molecule has 0 spiro atoms. The second-order valence-corrected chi connectivity index (χ2v) is 4.65. The second kappa shape index (κ2) is 5.30. The van der Waals surface area contributed by atoms with Crippen LogP contribution in [0.3, 0.4) is 0 Å². The van der Waals surface area contributed by atoms with E-state index < -0.39 is 0 Å². The second-order valence-electron chi connectivity index (χ2n) is 4.27. The van der Waals surface area contributed by atoms with Gasteiger partial charge < -0.3 is 4.90 Å². The van der Waals surface area contributed by atoms with Crippen LogP contribution in [0.2, 0.25) is 5.15 Å². The standard InChI is InChI=1S/C12H17ClN2O/c1-8(2)15(9(3)4)12(16)10-5-6-14-11(13)7-10/h5-9H,1-4H3. The van der Waals surface area contributed by atoms with Gasteiger partial charge in [0.2, 0.25) is 0 Å². The number of hydrogen-bond donors (Lipinski definition) is 0. The van der Waals surface area contributed by atoms with Gasteiger partial charge in [0.25, 0.3) is 5.91 Å². The lowest BCUT2D eigenvalue weighted by Gasteiger charge is -2.30. The molecule has 16 heavy (non-hydrogen) atoms. The van der Waals surface area contributed by atoms with Crippen LogP contribution >= 0.6 is 11.6 Å². The average Bonchev–Trinajstić information content (AvgIpc) is 2.16. The molecule has 88 valence electrons. The Morgan fingerprint density at radius 1 is 1.31 bits per heavy atom. The maximum Gasteiger partial charge on any atom is 0.254 e. The van der Waals surface area contributed by atoms with Crippen LogP contribution in [0, 0.1) is 0 Å². The molecule has 0 aliphatic heterocycles. The van der Waals surface area contributed by atoms with Gasteiger partial charge in [-0.25, -0.2) is 4.98 Å². The van der Waals surface area contributed by atoms with Crippen molar-refractivity contribution in [2.75, 3.05) is 0 Å². The molecular weight excluding hydrogens is 224 g/mol. The first-order chi connectivity index (χ1) is 7.43. The highest BCUT2D eigenvalue weighted by atomic mass is 35.5. The van der Waals surface area contributed by atoms with Gasteiger partial charge in [0.05, 0.1) is 0 Å². The summed E-state index contributed by atoms with van der Waals surface area (Å²) in [5.41, 5.74) is 0.586. The molecule has 0 saturated heterocycles. The largest absolute Gasteiger partial charge is 0.334 e. The van der Waals surface area contributed by atoms with E-state index in [1.165, 1.54) is 0 Å². The number of nitrogens with zero attached hydrogens (tertiary/aromatic N) is 2. The summed E-state index contributed by atoms with van der Waals surface area (Å²) in [6.45, 7) is 8.00. The van der Waals surface area contributed by atoms with Gasteiger partial charge in [-0.1, -0.05) is 11.6 Å². The summed E-state index contributed by atoms with van der Waals surface area (Å²) in [6.07, 6.45) is 1.55. The predicted molar refractivity (Wildman–Crippen MR) is 65.7 cm³/mol. The van der Waals surface area contributed by atoms with Gasteiger partial charge in [-0.05, 0) is 39.8 Å². The molecule has 0 N–H and O–H groups in total. The highest BCUT2D eigenvalue weighted by molar-refractivity contribution is 6.29. The molecule has 0 radical (unpaired) electrons. The molecule has 0 bridgehead atoms. The van der Waals surface area contributed by atoms with E-state index in [1.54, 1.807) is 18.3 Å². The van der Waals surface area contributed by atoms with E-state index in [0.29, 0.717) is 10.7 Å². The molecule has 1 heterocycles. The quantitative estimate of drug-likeness (QED) is 0.761. The first kappa shape index (κ1) is 13.0. The van der Waals surface area contributed by atoms with Crippen LogP contribution in [0.25, 0.3) is 0 Å². The molecule has 0 unspecified atom stereocenters. The molecule has 4 heteroatoms. The van der Waals surface area contributed by atoms with Crippen molar-refractivity contribution in [1.82, 2.24) is 9.88 Å². The van der Waals surface area contributed by atoms with Crippen molar-refractivity contribution in [3.8, 4) is 0 Å². The normalized spacial score (nSPS) is 10.9. The third-order valence-corrected chi connectivity index (χ3v) is 2.53. The van der Waals surface area contributed by atoms with E-state index in [1.807, 2.05) is 32.6 Å². The molecule has 0 fully saturated rings. The van der Waals surface area contributed by atoms with Crippen molar-refractivity contribution in [3.05, 3.63) is 29.0 Å². The molecular formula is C12H17ClN2O. The first-order valence-electron chi connectivity index (χ1n) is 5.37. The number of carbonyl (C=O) groups excluding carboxylic acids is 1. The maximum atomic E-state index is 12.2. The Morgan fingerprint density at radius 3 is 2.31 bits per heavy atom. The van der Waals surface area contributed by atoms with Crippen molar-refractivity contribution in [3.63, 3.8) is 0 Å². The van der Waals surface area contributed by atoms with Crippen molar-refractivity contribution >= 4 is 17.5 Å². The summed E-state index contributed by atoms with van der Waals surface area (Å²) < 4.78 is 0. The number of aromatic nitrogens is 1. The van der Waals surface area contributed by atoms with Crippen LogP contribution in [-0.2, 0) is 0 Å². The van der Waals surface area contributed by atoms with Gasteiger partial charge in [-0.2, -0.15) is 0 Å². The zero-order valence-electron chi connectivity index (χ0n) is 10.1. The smallest absolute Gasteiger partial charge is 0.254 e. The fourth-order valence-corrected chi connectivity index (χ4v) is 1.92. The number of pyridine rings is 1. The van der Waals surface area contributed by atoms with Gasteiger partial charge in [0.1, 0.15) is 5.15 Å². The molecule has 0 aromatic carbocycles. The van der Waals surface area contributed by atoms with Gasteiger partial charge in [0, 0.05) is 23.8 Å². The molecule has 1 rings (SSSR count). The van der Waals surface area contributed by atoms with Gasteiger partial charge in [-0.15, -0.1) is 0 Å². The van der Waals surface area contributed by atoms with E-state index in [9.17, 15) is 4.79 Å². The zero-order valence-corrected chi connectivity index (χ0v) is 10.8. The summed E-state index contributed by atoms with van der Waals surface area (Å²) in [5.74, 6) is -0.00528. The number of amides is 1. The van der Waals surface area contributed by atoms with Gasteiger partial charge in [0.15, 0.2) is 0 Å². The van der Waals surface area contributed by atoms with E-state index in [0.717, 1.165) is 0 Å². The Hall–Kier alpha value is -1.09. The highest BCUT2D eigenvalue weighted by Gasteiger charge is 2.21. The third-order valence-electron chi connectivity index (χ3n) is 2.32. The lowest BCUT2D eigenvalue weighted by atomic mass is 10.1. The first-order valence-corrected chi connectivity index (χ1v) is 5.75. The summed E-state index contributed by atoms with van der Waals surface area (Å²) in [7, 11) is 0. The number of halogens is 1. The summed E-state index contributed by atoms with van der Waals surface area (Å²) >= 11 is 5.77. The Labute approximate surface area is 101 Å². The fraction of sp³-hybridized carbons (Fsp3) is 0.500. The van der Waals surface area contributed by atoms with Crippen molar-refractivity contribution in [1.29, 1.82) is 0 Å². The Bertz CT molecular complexity index is 369. The van der Waals surface area contributed by atoms with Crippen molar-refractivity contribution in [2.45, 2.75) is 39.8 Å². The van der Waals surface area contributed by atoms with E-state index in [2.05, 4.69) is 4.98 Å². The maximum absolute atomic E-state index is 12.2. The highest BCUT2D eigenvalue weighted by Crippen LogP contribution is 2.14. The third kappa shape index (κ3) is 2.95. The van der Waals surface area contributed by atoms with E-state index in [4.69, 9.17) is 11.6 Å². The summed E-state index contributed by atoms with van der Waals surface area (Å²) in [5, 5.41) is 0.346. The van der Waals surface area contributed by atoms with Crippen LogP contribution in [0.4, 0.5) is 0 Å². The zero-order chi connectivity index (χ0) is 12.3. The van der Waals surface area contributed by atoms with Crippen LogP contribution in [0.1, 0.15) is 38.1 Å². The minimum atomic E-state index is -0.00528. The van der Waals surface area contributed by atoms with Gasteiger partial charge in [-0.3, -0.25) is 4.79 Å². The average molecular weight is 241 g/mol. The van der Waals surface area contributed by atoms with Crippen LogP contribution in [0.15, 0.2) is 18.3 Å². The Balaban J connectivity index is 2.99. The van der Waals surface area contributed by atoms with E-state index >= 15 is 0 Å². The molecule has 0 aliphatic carbocycles. The molecule has 1 aromatic heterocycles. The molecule has 3 nitrogen and oxygen atoms in total. The fourth-order valence-electron chi connectivity index (χ4n) is 1.75. The van der Waals surface area contributed by atoms with Crippen LogP contribution < -0.4 is 0 Å². The molecule has 0 aliphatic rings. The Kier molecular flexibility index (Phi) is 4.30. The summed E-state index contributed by atoms with van der Waals surface area (Å²) in [4.78, 5) is 17.9. The minimum Gasteiger partial charge on any atom is -0.334 e. The lowest BCUT2D eigenvalue weighted by Crippen LogP contribution is -2.42.